The Bertz CT molecular complexity index is 1170. The second kappa shape index (κ2) is 6.83. The standard InChI is InChI=1S/C19H13FN4O3/c20-13-6-3-5-12(11-13)16(15-8-1-2-9-21-15)27-18(25)14-7-4-10-24-17(14)22-23-19(24)26/h1-11,16H,(H,23,26). The van der Waals surface area contributed by atoms with Gasteiger partial charge in [-0.25, -0.2) is 23.5 Å². The molecule has 4 aromatic rings. The molecule has 7 nitrogen and oxygen atoms in total. The molecule has 0 aliphatic heterocycles. The fourth-order valence-electron chi connectivity index (χ4n) is 2.76. The van der Waals surface area contributed by atoms with Gasteiger partial charge < -0.3 is 4.74 Å². The van der Waals surface area contributed by atoms with Crippen LogP contribution < -0.4 is 5.69 Å². The quantitative estimate of drug-likeness (QED) is 0.562. The highest BCUT2D eigenvalue weighted by Crippen LogP contribution is 2.26. The summed E-state index contributed by atoms with van der Waals surface area (Å²) in [4.78, 5) is 28.7. The predicted molar refractivity (Wildman–Crippen MR) is 93.7 cm³/mol. The van der Waals surface area contributed by atoms with E-state index in [1.807, 2.05) is 0 Å². The zero-order valence-corrected chi connectivity index (χ0v) is 13.9. The molecule has 0 saturated carbocycles. The highest BCUT2D eigenvalue weighted by molar-refractivity contribution is 5.95. The fraction of sp³-hybridized carbons (Fsp3) is 0.0526. The number of esters is 1. The van der Waals surface area contributed by atoms with Gasteiger partial charge in [0.05, 0.1) is 5.69 Å². The Morgan fingerprint density at radius 2 is 2.04 bits per heavy atom. The molecule has 0 aliphatic carbocycles. The van der Waals surface area contributed by atoms with Gasteiger partial charge in [0.25, 0.3) is 0 Å². The number of carbonyl (C=O) groups is 1. The molecule has 0 aliphatic rings. The molecule has 1 N–H and O–H groups in total. The third kappa shape index (κ3) is 3.20. The van der Waals surface area contributed by atoms with E-state index in [0.717, 1.165) is 0 Å². The molecule has 1 unspecified atom stereocenters. The van der Waals surface area contributed by atoms with E-state index in [4.69, 9.17) is 4.74 Å². The minimum Gasteiger partial charge on any atom is -0.447 e. The SMILES string of the molecule is O=C(OC(c1cccc(F)c1)c1ccccn1)c1cccn2c(=O)[nH]nc12. The lowest BCUT2D eigenvalue weighted by molar-refractivity contribution is 0.0371. The van der Waals surface area contributed by atoms with Crippen molar-refractivity contribution in [2.45, 2.75) is 6.10 Å². The second-order valence-electron chi connectivity index (χ2n) is 5.74. The van der Waals surface area contributed by atoms with E-state index in [-0.39, 0.29) is 11.2 Å². The molecule has 8 heteroatoms. The van der Waals surface area contributed by atoms with Crippen molar-refractivity contribution in [1.82, 2.24) is 19.6 Å². The number of rotatable bonds is 4. The molecule has 0 spiro atoms. The van der Waals surface area contributed by atoms with E-state index in [2.05, 4.69) is 15.2 Å². The molecule has 1 aromatic carbocycles. The number of hydrogen-bond donors (Lipinski definition) is 1. The normalized spacial score (nSPS) is 12.0. The molecule has 0 fully saturated rings. The molecule has 3 aromatic heterocycles. The number of aromatic nitrogens is 4. The Labute approximate surface area is 152 Å². The highest BCUT2D eigenvalue weighted by atomic mass is 19.1. The lowest BCUT2D eigenvalue weighted by Gasteiger charge is -2.18. The maximum Gasteiger partial charge on any atom is 0.347 e. The largest absolute Gasteiger partial charge is 0.447 e. The lowest BCUT2D eigenvalue weighted by Crippen LogP contribution is -2.16. The Morgan fingerprint density at radius 1 is 1.15 bits per heavy atom. The van der Waals surface area contributed by atoms with Crippen LogP contribution in [0.15, 0.2) is 71.8 Å². The maximum atomic E-state index is 13.7. The molecule has 0 radical (unpaired) electrons. The van der Waals surface area contributed by atoms with Gasteiger partial charge in [-0.05, 0) is 36.4 Å². The molecule has 134 valence electrons. The number of fused-ring (bicyclic) bond motifs is 1. The molecule has 1 atom stereocenters. The van der Waals surface area contributed by atoms with E-state index < -0.39 is 23.6 Å². The van der Waals surface area contributed by atoms with Gasteiger partial charge >= 0.3 is 11.7 Å². The summed E-state index contributed by atoms with van der Waals surface area (Å²) in [5.74, 6) is -1.16. The summed E-state index contributed by atoms with van der Waals surface area (Å²) < 4.78 is 20.5. The number of hydrogen-bond acceptors (Lipinski definition) is 5. The predicted octanol–water partition coefficient (Wildman–Crippen LogP) is 2.50. The number of halogens is 1. The van der Waals surface area contributed by atoms with Crippen molar-refractivity contribution >= 4 is 11.6 Å². The highest BCUT2D eigenvalue weighted by Gasteiger charge is 2.23. The first-order valence-corrected chi connectivity index (χ1v) is 8.06. The zero-order chi connectivity index (χ0) is 18.8. The number of aromatic amines is 1. The van der Waals surface area contributed by atoms with Gasteiger partial charge in [-0.2, -0.15) is 5.10 Å². The number of pyridine rings is 2. The minimum absolute atomic E-state index is 0.105. The maximum absolute atomic E-state index is 13.7. The van der Waals surface area contributed by atoms with Crippen molar-refractivity contribution in [2.24, 2.45) is 0 Å². The molecular formula is C19H13FN4O3. The van der Waals surface area contributed by atoms with Gasteiger partial charge in [-0.1, -0.05) is 18.2 Å². The monoisotopic (exact) mass is 364 g/mol. The summed E-state index contributed by atoms with van der Waals surface area (Å²) in [6, 6.07) is 14.0. The van der Waals surface area contributed by atoms with Gasteiger partial charge in [0.1, 0.15) is 11.4 Å². The third-order valence-corrected chi connectivity index (χ3v) is 4.00. The summed E-state index contributed by atoms with van der Waals surface area (Å²) in [6.07, 6.45) is 2.13. The summed E-state index contributed by atoms with van der Waals surface area (Å²) in [5.41, 5.74) is 0.669. The van der Waals surface area contributed by atoms with Crippen molar-refractivity contribution in [1.29, 1.82) is 0 Å². The van der Waals surface area contributed by atoms with Crippen molar-refractivity contribution in [2.75, 3.05) is 0 Å². The number of nitrogens with one attached hydrogen (secondary N) is 1. The Kier molecular flexibility index (Phi) is 4.21. The van der Waals surface area contributed by atoms with E-state index in [1.165, 1.54) is 34.9 Å². The summed E-state index contributed by atoms with van der Waals surface area (Å²) in [5, 5.41) is 6.14. The summed E-state index contributed by atoms with van der Waals surface area (Å²) in [6.45, 7) is 0. The van der Waals surface area contributed by atoms with Crippen LogP contribution in [0.5, 0.6) is 0 Å². The molecular weight excluding hydrogens is 351 g/mol. The number of nitrogens with zero attached hydrogens (tertiary/aromatic N) is 3. The number of H-pyrrole nitrogens is 1. The van der Waals surface area contributed by atoms with E-state index in [0.29, 0.717) is 11.3 Å². The van der Waals surface area contributed by atoms with E-state index >= 15 is 0 Å². The van der Waals surface area contributed by atoms with Gasteiger partial charge in [-0.15, -0.1) is 0 Å². The molecule has 0 bridgehead atoms. The Hall–Kier alpha value is -3.81. The molecule has 27 heavy (non-hydrogen) atoms. The van der Waals surface area contributed by atoms with Crippen LogP contribution in [0.2, 0.25) is 0 Å². The summed E-state index contributed by atoms with van der Waals surface area (Å²) in [7, 11) is 0. The van der Waals surface area contributed by atoms with E-state index in [9.17, 15) is 14.0 Å². The first kappa shape index (κ1) is 16.6. The zero-order valence-electron chi connectivity index (χ0n) is 13.9. The molecule has 4 rings (SSSR count). The van der Waals surface area contributed by atoms with Crippen LogP contribution in [-0.4, -0.2) is 25.6 Å². The minimum atomic E-state index is -0.916. The average Bonchev–Trinajstić information content (AvgIpc) is 3.08. The molecule has 0 amide bonds. The van der Waals surface area contributed by atoms with Crippen LogP contribution in [0.3, 0.4) is 0 Å². The van der Waals surface area contributed by atoms with Crippen LogP contribution in [0, 0.1) is 5.82 Å². The van der Waals surface area contributed by atoms with Gasteiger partial charge in [-0.3, -0.25) is 4.98 Å². The van der Waals surface area contributed by atoms with Crippen LogP contribution in [0.1, 0.15) is 27.7 Å². The van der Waals surface area contributed by atoms with Crippen molar-refractivity contribution in [3.8, 4) is 0 Å². The Balaban J connectivity index is 1.75. The van der Waals surface area contributed by atoms with Gasteiger partial charge in [0, 0.05) is 18.0 Å². The number of benzene rings is 1. The van der Waals surface area contributed by atoms with Crippen LogP contribution in [0.25, 0.3) is 5.65 Å². The van der Waals surface area contributed by atoms with Gasteiger partial charge in [0.15, 0.2) is 11.8 Å². The van der Waals surface area contributed by atoms with Gasteiger partial charge in [0.2, 0.25) is 0 Å². The summed E-state index contributed by atoms with van der Waals surface area (Å²) >= 11 is 0. The number of carbonyl (C=O) groups excluding carboxylic acids is 1. The van der Waals surface area contributed by atoms with Crippen molar-refractivity contribution < 1.29 is 13.9 Å². The molecule has 3 heterocycles. The van der Waals surface area contributed by atoms with E-state index in [1.54, 1.807) is 36.5 Å². The van der Waals surface area contributed by atoms with Crippen LogP contribution in [-0.2, 0) is 4.74 Å². The second-order valence-corrected chi connectivity index (χ2v) is 5.74. The third-order valence-electron chi connectivity index (χ3n) is 4.00. The molecule has 0 saturated heterocycles. The van der Waals surface area contributed by atoms with Crippen LogP contribution >= 0.6 is 0 Å². The first-order valence-electron chi connectivity index (χ1n) is 8.06. The smallest absolute Gasteiger partial charge is 0.347 e. The van der Waals surface area contributed by atoms with Crippen LogP contribution in [0.4, 0.5) is 4.39 Å². The number of ether oxygens (including phenoxy) is 1. The first-order chi connectivity index (χ1) is 13.1. The fourth-order valence-corrected chi connectivity index (χ4v) is 2.76. The topological polar surface area (TPSA) is 89.3 Å². The lowest BCUT2D eigenvalue weighted by atomic mass is 10.1. The average molecular weight is 364 g/mol. The Morgan fingerprint density at radius 3 is 2.81 bits per heavy atom. The van der Waals surface area contributed by atoms with Crippen molar-refractivity contribution in [3.63, 3.8) is 0 Å². The van der Waals surface area contributed by atoms with Crippen molar-refractivity contribution in [3.05, 3.63) is 100 Å².